The Balaban J connectivity index is 0.564. The molecule has 3 fully saturated rings. The van der Waals surface area contributed by atoms with Gasteiger partial charge in [-0.2, -0.15) is 0 Å². The van der Waals surface area contributed by atoms with Gasteiger partial charge in [-0.1, -0.05) is 63.2 Å². The van der Waals surface area contributed by atoms with Crippen LogP contribution in [-0.2, 0) is 49.3 Å². The molecule has 0 radical (unpaired) electrons. The van der Waals surface area contributed by atoms with Gasteiger partial charge < -0.3 is 48.8 Å². The third kappa shape index (κ3) is 17.8. The number of ketones is 2. The largest absolute Gasteiger partial charge is 0.391 e. The molecule has 3 saturated heterocycles. The number of likely N-dealkylation sites (tertiary alicyclic amines) is 1. The molecule has 20 nitrogen and oxygen atoms in total. The number of pyridine rings is 1. The lowest BCUT2D eigenvalue weighted by Crippen LogP contribution is -2.50. The summed E-state index contributed by atoms with van der Waals surface area (Å²) in [7, 11) is 0. The lowest BCUT2D eigenvalue weighted by molar-refractivity contribution is -0.146. The molecular formula is C64H83FN10O10S. The molecule has 7 heterocycles. The minimum Gasteiger partial charge on any atom is -0.391 e. The zero-order valence-electron chi connectivity index (χ0n) is 50.1. The number of Topliss-reactive ketones (excluding diaryl/α,β-unsaturated/α-hetero) is 2. The Morgan fingerprint density at radius 3 is 2.17 bits per heavy atom. The standard InChI is InChI=1S/C64H83FN10O10S/c1-45-62(86-44-68-45)47-16-13-46(14-17-47)15-18-57(78)55-40-51(77)42-74(55)63(80)52(64(2,3)4)39-50(76)21-28-81-30-32-83-34-36-85-37-35-84-33-31-82-29-22-66-61(79)43-71-24-26-72(27-25-71)59-12-6-10-53(69-59)56-41-67-58-19-20-60(70-75(56)58)73-23-7-11-54(73)48-8-5-9-49(65)38-48/h5-6,8-10,12-14,16-17,19-20,38,41,44,51-52,54-55,77H,7,11,15,18,21-37,39-40,42-43H2,1-4H3,(H,66,79)/t51-,52-,54-,55+/m1/s1. The van der Waals surface area contributed by atoms with E-state index in [4.69, 9.17) is 33.8 Å². The molecule has 3 aliphatic rings. The second-order valence-corrected chi connectivity index (χ2v) is 24.2. The first-order chi connectivity index (χ1) is 41.7. The van der Waals surface area contributed by atoms with E-state index in [0.29, 0.717) is 92.1 Å². The number of nitrogens with one attached hydrogen (secondary N) is 1. The van der Waals surface area contributed by atoms with Crippen molar-refractivity contribution in [3.05, 3.63) is 113 Å². The van der Waals surface area contributed by atoms with Crippen molar-refractivity contribution < 1.29 is 52.4 Å². The van der Waals surface area contributed by atoms with Gasteiger partial charge in [0, 0.05) is 77.4 Å². The lowest BCUT2D eigenvalue weighted by Gasteiger charge is -2.35. The second-order valence-electron chi connectivity index (χ2n) is 23.3. The molecule has 3 aliphatic heterocycles. The maximum Gasteiger partial charge on any atom is 0.234 e. The van der Waals surface area contributed by atoms with Crippen molar-refractivity contribution in [2.45, 2.75) is 90.8 Å². The Morgan fingerprint density at radius 2 is 1.49 bits per heavy atom. The number of aromatic nitrogens is 5. The van der Waals surface area contributed by atoms with E-state index < -0.39 is 23.5 Å². The number of β-amino-alcohol motifs (C(OH)–C–C–N with tert-alkyl or cyclic N) is 1. The number of fused-ring (bicyclic) bond motifs is 1. The molecule has 2 amide bonds. The molecular weight excluding hydrogens is 1120 g/mol. The van der Waals surface area contributed by atoms with Crippen LogP contribution in [0.25, 0.3) is 27.5 Å². The van der Waals surface area contributed by atoms with Crippen LogP contribution in [0.15, 0.2) is 90.6 Å². The van der Waals surface area contributed by atoms with Crippen LogP contribution in [0.2, 0.25) is 0 Å². The third-order valence-corrected chi connectivity index (χ3v) is 17.1. The number of benzene rings is 2. The number of aliphatic hydroxyl groups is 1. The van der Waals surface area contributed by atoms with Gasteiger partial charge in [-0.3, -0.25) is 24.1 Å². The van der Waals surface area contributed by atoms with E-state index in [1.165, 1.54) is 11.0 Å². The summed E-state index contributed by atoms with van der Waals surface area (Å²) in [4.78, 5) is 76.8. The zero-order valence-corrected chi connectivity index (χ0v) is 50.9. The quantitative estimate of drug-likeness (QED) is 0.0399. The number of ether oxygens (including phenoxy) is 5. The number of halogens is 1. The maximum absolute atomic E-state index is 14.1. The van der Waals surface area contributed by atoms with Crippen LogP contribution < -0.4 is 15.1 Å². The van der Waals surface area contributed by atoms with Gasteiger partial charge in [-0.25, -0.2) is 23.9 Å². The zero-order chi connectivity index (χ0) is 60.4. The van der Waals surface area contributed by atoms with Gasteiger partial charge >= 0.3 is 0 Å². The van der Waals surface area contributed by atoms with E-state index in [1.54, 1.807) is 29.7 Å². The third-order valence-electron chi connectivity index (χ3n) is 16.1. The average Bonchev–Trinajstić information content (AvgIpc) is 2.65. The highest BCUT2D eigenvalue weighted by Crippen LogP contribution is 2.37. The molecule has 22 heteroatoms. The van der Waals surface area contributed by atoms with Crippen LogP contribution in [0.5, 0.6) is 0 Å². The van der Waals surface area contributed by atoms with Gasteiger partial charge in [0.2, 0.25) is 11.8 Å². The molecule has 9 rings (SSSR count). The fraction of sp³-hybridized carbons (Fsp3) is 0.531. The number of piperazine rings is 1. The number of rotatable bonds is 32. The summed E-state index contributed by atoms with van der Waals surface area (Å²) in [5, 5.41) is 18.6. The first kappa shape index (κ1) is 63.9. The summed E-state index contributed by atoms with van der Waals surface area (Å²) < 4.78 is 44.1. The number of amides is 2. The highest BCUT2D eigenvalue weighted by molar-refractivity contribution is 7.13. The summed E-state index contributed by atoms with van der Waals surface area (Å²) in [5.74, 6) is 0.250. The predicted molar refractivity (Wildman–Crippen MR) is 327 cm³/mol. The molecule has 2 N–H and O–H groups in total. The van der Waals surface area contributed by atoms with Crippen LogP contribution in [0.4, 0.5) is 16.0 Å². The Kier molecular flexibility index (Phi) is 23.3. The maximum atomic E-state index is 14.1. The van der Waals surface area contributed by atoms with Crippen molar-refractivity contribution in [2.75, 3.05) is 128 Å². The van der Waals surface area contributed by atoms with Crippen LogP contribution in [0.1, 0.15) is 82.2 Å². The first-order valence-electron chi connectivity index (χ1n) is 30.2. The van der Waals surface area contributed by atoms with Gasteiger partial charge in [-0.15, -0.1) is 16.4 Å². The fourth-order valence-electron chi connectivity index (χ4n) is 11.4. The SMILES string of the molecule is Cc1ncsc1-c1ccc(CCC(=O)[C@@H]2C[C@@H](O)CN2C(=O)[C@@H](CC(=O)CCOCCOCCOCCOCCOCCNC(=O)CN2CCN(c3cccc(-c4cnc5ccc(N6CCC[C@@H]6c6cccc(F)c6)nn45)n3)CC2)C(C)(C)C)cc1. The highest BCUT2D eigenvalue weighted by Gasteiger charge is 2.44. The normalized spacial score (nSPS) is 17.9. The van der Waals surface area contributed by atoms with E-state index in [0.717, 1.165) is 88.4 Å². The summed E-state index contributed by atoms with van der Waals surface area (Å²) in [6.07, 6.45) is 4.04. The minimum absolute atomic E-state index is 0.0193. The average molecular weight is 1200 g/mol. The molecule has 6 aromatic rings. The van der Waals surface area contributed by atoms with Gasteiger partial charge in [0.1, 0.15) is 28.9 Å². The smallest absolute Gasteiger partial charge is 0.234 e. The molecule has 86 heavy (non-hydrogen) atoms. The van der Waals surface area contributed by atoms with Crippen LogP contribution in [0, 0.1) is 24.1 Å². The number of hydrogen-bond acceptors (Lipinski definition) is 18. The Morgan fingerprint density at radius 1 is 0.791 bits per heavy atom. The molecule has 2 aromatic carbocycles. The Hall–Kier alpha value is -6.63. The van der Waals surface area contributed by atoms with Crippen LogP contribution >= 0.6 is 11.3 Å². The number of aliphatic hydroxyl groups excluding tert-OH is 1. The van der Waals surface area contributed by atoms with E-state index in [-0.39, 0.29) is 74.1 Å². The molecule has 0 saturated carbocycles. The molecule has 0 aliphatic carbocycles. The molecule has 0 bridgehead atoms. The topological polar surface area (TPSA) is 216 Å². The lowest BCUT2D eigenvalue weighted by atomic mass is 9.76. The summed E-state index contributed by atoms with van der Waals surface area (Å²) >= 11 is 1.59. The van der Waals surface area contributed by atoms with Gasteiger partial charge in [-0.05, 0) is 84.7 Å². The number of carbonyl (C=O) groups excluding carboxylic acids is 4. The van der Waals surface area contributed by atoms with Gasteiger partial charge in [0.15, 0.2) is 11.4 Å². The molecule has 4 atom stereocenters. The first-order valence-corrected chi connectivity index (χ1v) is 31.1. The van der Waals surface area contributed by atoms with E-state index in [2.05, 4.69) is 30.0 Å². The molecule has 0 unspecified atom stereocenters. The highest BCUT2D eigenvalue weighted by atomic mass is 32.1. The van der Waals surface area contributed by atoms with Crippen molar-refractivity contribution in [3.63, 3.8) is 0 Å². The monoisotopic (exact) mass is 1200 g/mol. The Labute approximate surface area is 507 Å². The van der Waals surface area contributed by atoms with E-state index in [1.807, 2.05) is 98.4 Å². The Bertz CT molecular complexity index is 3170. The van der Waals surface area contributed by atoms with Gasteiger partial charge in [0.05, 0.1) is 119 Å². The van der Waals surface area contributed by atoms with Crippen molar-refractivity contribution in [2.24, 2.45) is 11.3 Å². The number of anilines is 2. The molecule has 462 valence electrons. The van der Waals surface area contributed by atoms with Crippen molar-refractivity contribution in [1.82, 2.24) is 39.7 Å². The molecule has 4 aromatic heterocycles. The summed E-state index contributed by atoms with van der Waals surface area (Å²) in [6.45, 7) is 15.8. The second kappa shape index (κ2) is 31.3. The van der Waals surface area contributed by atoms with Crippen molar-refractivity contribution in [3.8, 4) is 21.8 Å². The number of carbonyl (C=O) groups is 4. The van der Waals surface area contributed by atoms with Crippen LogP contribution in [0.3, 0.4) is 0 Å². The van der Waals surface area contributed by atoms with Crippen LogP contribution in [-0.4, -0.2) is 193 Å². The summed E-state index contributed by atoms with van der Waals surface area (Å²) in [5.41, 5.74) is 7.57. The predicted octanol–water partition coefficient (Wildman–Crippen LogP) is 7.20. The number of thiazole rings is 1. The number of hydrogen-bond donors (Lipinski definition) is 2. The number of imidazole rings is 1. The van der Waals surface area contributed by atoms with Crippen molar-refractivity contribution >= 4 is 52.0 Å². The fourth-order valence-corrected chi connectivity index (χ4v) is 12.2. The van der Waals surface area contributed by atoms with Gasteiger partial charge in [0.25, 0.3) is 0 Å². The molecule has 0 spiro atoms. The minimum atomic E-state index is -0.802. The van der Waals surface area contributed by atoms with E-state index in [9.17, 15) is 28.7 Å². The number of nitrogens with zero attached hydrogens (tertiary/aromatic N) is 9. The van der Waals surface area contributed by atoms with E-state index >= 15 is 0 Å². The number of aryl methyl sites for hydroxylation is 2. The summed E-state index contributed by atoms with van der Waals surface area (Å²) in [6, 6.07) is 24.2. The van der Waals surface area contributed by atoms with Crippen molar-refractivity contribution in [1.29, 1.82) is 0 Å².